The van der Waals surface area contributed by atoms with Crippen molar-refractivity contribution in [2.24, 2.45) is 5.84 Å². The third kappa shape index (κ3) is 3.94. The van der Waals surface area contributed by atoms with Crippen LogP contribution in [-0.4, -0.2) is 0 Å². The van der Waals surface area contributed by atoms with E-state index in [4.69, 9.17) is 5.84 Å². The Labute approximate surface area is 123 Å². The molecule has 0 saturated carbocycles. The van der Waals surface area contributed by atoms with E-state index in [-0.39, 0.29) is 6.04 Å². The third-order valence-electron chi connectivity index (χ3n) is 4.30. The zero-order valence-electron chi connectivity index (χ0n) is 12.9. The molecule has 2 rings (SSSR count). The van der Waals surface area contributed by atoms with E-state index in [2.05, 4.69) is 49.6 Å². The van der Waals surface area contributed by atoms with Crippen LogP contribution in [0.15, 0.2) is 35.9 Å². The maximum absolute atomic E-state index is 5.83. The Morgan fingerprint density at radius 1 is 0.950 bits per heavy atom. The van der Waals surface area contributed by atoms with Crippen molar-refractivity contribution in [3.63, 3.8) is 0 Å². The van der Waals surface area contributed by atoms with Gasteiger partial charge in [-0.1, -0.05) is 62.6 Å². The summed E-state index contributed by atoms with van der Waals surface area (Å²) in [6, 6.07) is 9.08. The van der Waals surface area contributed by atoms with Crippen LogP contribution < -0.4 is 11.3 Å². The molecule has 0 heterocycles. The van der Waals surface area contributed by atoms with Gasteiger partial charge in [0.25, 0.3) is 0 Å². The Hall–Kier alpha value is -1.12. The van der Waals surface area contributed by atoms with Crippen molar-refractivity contribution in [1.82, 2.24) is 5.43 Å². The number of nitrogens with two attached hydrogens (primary N) is 1. The number of hydrogen-bond acceptors (Lipinski definition) is 2. The normalized spacial score (nSPS) is 20.9. The average molecular weight is 272 g/mol. The molecule has 0 amide bonds. The average Bonchev–Trinajstić information content (AvgIpc) is 2.42. The molecule has 0 spiro atoms. The van der Waals surface area contributed by atoms with Crippen molar-refractivity contribution in [3.05, 3.63) is 47.0 Å². The van der Waals surface area contributed by atoms with E-state index in [0.29, 0.717) is 5.92 Å². The molecule has 1 aliphatic carbocycles. The number of nitrogens with one attached hydrogen (secondary N) is 1. The molecule has 1 aromatic carbocycles. The number of rotatable bonds is 4. The minimum atomic E-state index is 0.175. The monoisotopic (exact) mass is 272 g/mol. The Morgan fingerprint density at radius 3 is 2.25 bits per heavy atom. The van der Waals surface area contributed by atoms with E-state index in [9.17, 15) is 0 Å². The van der Waals surface area contributed by atoms with Crippen molar-refractivity contribution < 1.29 is 0 Å². The predicted octanol–water partition coefficient (Wildman–Crippen LogP) is 4.60. The van der Waals surface area contributed by atoms with E-state index in [1.807, 2.05) is 0 Å². The van der Waals surface area contributed by atoms with Gasteiger partial charge in [-0.05, 0) is 42.7 Å². The van der Waals surface area contributed by atoms with Gasteiger partial charge in [-0.2, -0.15) is 0 Å². The van der Waals surface area contributed by atoms with Crippen LogP contribution in [0.5, 0.6) is 0 Å². The minimum Gasteiger partial charge on any atom is -0.271 e. The molecule has 1 atom stereocenters. The SMILES string of the molecule is CC(C)c1ccc(C(NN)/C2=C/CCCCCC2)cc1. The van der Waals surface area contributed by atoms with Gasteiger partial charge in [0, 0.05) is 0 Å². The second-order valence-electron chi connectivity index (χ2n) is 6.15. The van der Waals surface area contributed by atoms with Crippen LogP contribution in [0.4, 0.5) is 0 Å². The highest BCUT2D eigenvalue weighted by atomic mass is 15.2. The summed E-state index contributed by atoms with van der Waals surface area (Å²) in [4.78, 5) is 0. The molecular weight excluding hydrogens is 244 g/mol. The van der Waals surface area contributed by atoms with Crippen molar-refractivity contribution in [3.8, 4) is 0 Å². The first kappa shape index (κ1) is 15.3. The molecule has 0 aromatic heterocycles. The predicted molar refractivity (Wildman–Crippen MR) is 86.4 cm³/mol. The summed E-state index contributed by atoms with van der Waals surface area (Å²) in [7, 11) is 0. The molecule has 2 heteroatoms. The molecular formula is C18H28N2. The first-order valence-electron chi connectivity index (χ1n) is 7.97. The summed E-state index contributed by atoms with van der Waals surface area (Å²) >= 11 is 0. The first-order chi connectivity index (χ1) is 9.72. The van der Waals surface area contributed by atoms with Gasteiger partial charge in [0.2, 0.25) is 0 Å². The molecule has 20 heavy (non-hydrogen) atoms. The molecule has 0 fully saturated rings. The molecule has 0 aliphatic heterocycles. The van der Waals surface area contributed by atoms with Gasteiger partial charge < -0.3 is 0 Å². The van der Waals surface area contributed by atoms with Gasteiger partial charge in [0.1, 0.15) is 0 Å². The van der Waals surface area contributed by atoms with Crippen LogP contribution in [0.3, 0.4) is 0 Å². The smallest absolute Gasteiger partial charge is 0.0670 e. The fourth-order valence-electron chi connectivity index (χ4n) is 2.97. The number of benzene rings is 1. The molecule has 2 nitrogen and oxygen atoms in total. The molecule has 0 radical (unpaired) electrons. The number of hydrazine groups is 1. The summed E-state index contributed by atoms with van der Waals surface area (Å²) in [5.74, 6) is 6.41. The fourth-order valence-corrected chi connectivity index (χ4v) is 2.97. The summed E-state index contributed by atoms with van der Waals surface area (Å²) in [6.07, 6.45) is 10.1. The van der Waals surface area contributed by atoms with E-state index in [0.717, 1.165) is 0 Å². The van der Waals surface area contributed by atoms with Crippen LogP contribution >= 0.6 is 0 Å². The van der Waals surface area contributed by atoms with Crippen LogP contribution in [0.25, 0.3) is 0 Å². The van der Waals surface area contributed by atoms with Crippen molar-refractivity contribution in [1.29, 1.82) is 0 Å². The van der Waals surface area contributed by atoms with Gasteiger partial charge in [0.05, 0.1) is 6.04 Å². The van der Waals surface area contributed by atoms with Gasteiger partial charge in [-0.15, -0.1) is 0 Å². The first-order valence-corrected chi connectivity index (χ1v) is 7.97. The zero-order chi connectivity index (χ0) is 14.4. The summed E-state index contributed by atoms with van der Waals surface area (Å²) in [6.45, 7) is 4.45. The summed E-state index contributed by atoms with van der Waals surface area (Å²) < 4.78 is 0. The van der Waals surface area contributed by atoms with E-state index in [1.54, 1.807) is 0 Å². The van der Waals surface area contributed by atoms with Crippen LogP contribution in [-0.2, 0) is 0 Å². The Kier molecular flexibility index (Phi) is 5.81. The highest BCUT2D eigenvalue weighted by Crippen LogP contribution is 2.29. The van der Waals surface area contributed by atoms with Gasteiger partial charge in [-0.3, -0.25) is 5.84 Å². The van der Waals surface area contributed by atoms with Crippen LogP contribution in [0.1, 0.15) is 75.5 Å². The molecule has 1 aliphatic rings. The van der Waals surface area contributed by atoms with E-state index in [1.165, 1.54) is 55.2 Å². The number of allylic oxidation sites excluding steroid dienone is 1. The minimum absolute atomic E-state index is 0.175. The second kappa shape index (κ2) is 7.61. The topological polar surface area (TPSA) is 38.0 Å². The summed E-state index contributed by atoms with van der Waals surface area (Å²) in [5.41, 5.74) is 7.15. The Balaban J connectivity index is 2.17. The highest BCUT2D eigenvalue weighted by Gasteiger charge is 2.16. The molecule has 110 valence electrons. The standard InChI is InChI=1S/C18H28N2/c1-14(2)15-10-12-17(13-11-15)18(20-19)16-8-6-4-3-5-7-9-16/h8,10-14,18,20H,3-7,9,19H2,1-2H3/b16-8+. The van der Waals surface area contributed by atoms with Crippen molar-refractivity contribution in [2.45, 2.75) is 64.3 Å². The van der Waals surface area contributed by atoms with Crippen molar-refractivity contribution >= 4 is 0 Å². The van der Waals surface area contributed by atoms with Crippen LogP contribution in [0, 0.1) is 0 Å². The van der Waals surface area contributed by atoms with E-state index < -0.39 is 0 Å². The maximum atomic E-state index is 5.83. The Morgan fingerprint density at radius 2 is 1.60 bits per heavy atom. The maximum Gasteiger partial charge on any atom is 0.0670 e. The lowest BCUT2D eigenvalue weighted by Crippen LogP contribution is -2.29. The molecule has 0 bridgehead atoms. The second-order valence-corrected chi connectivity index (χ2v) is 6.15. The van der Waals surface area contributed by atoms with E-state index >= 15 is 0 Å². The third-order valence-corrected chi connectivity index (χ3v) is 4.30. The fraction of sp³-hybridized carbons (Fsp3) is 0.556. The summed E-state index contributed by atoms with van der Waals surface area (Å²) in [5, 5.41) is 0. The van der Waals surface area contributed by atoms with Gasteiger partial charge in [0.15, 0.2) is 0 Å². The largest absolute Gasteiger partial charge is 0.271 e. The number of hydrogen-bond donors (Lipinski definition) is 2. The zero-order valence-corrected chi connectivity index (χ0v) is 12.9. The lowest BCUT2D eigenvalue weighted by atomic mass is 9.90. The Bertz CT molecular complexity index is 431. The lowest BCUT2D eigenvalue weighted by molar-refractivity contribution is 0.555. The van der Waals surface area contributed by atoms with Crippen LogP contribution in [0.2, 0.25) is 0 Å². The molecule has 1 unspecified atom stereocenters. The highest BCUT2D eigenvalue weighted by molar-refractivity contribution is 5.32. The quantitative estimate of drug-likeness (QED) is 0.478. The lowest BCUT2D eigenvalue weighted by Gasteiger charge is -2.22. The van der Waals surface area contributed by atoms with Gasteiger partial charge in [-0.25, -0.2) is 5.43 Å². The molecule has 3 N–H and O–H groups in total. The van der Waals surface area contributed by atoms with Crippen molar-refractivity contribution in [2.75, 3.05) is 0 Å². The van der Waals surface area contributed by atoms with Gasteiger partial charge >= 0.3 is 0 Å². The molecule has 0 saturated heterocycles. The molecule has 1 aromatic rings.